The zero-order valence-corrected chi connectivity index (χ0v) is 9.34. The number of pyridine rings is 1. The Morgan fingerprint density at radius 3 is 2.78 bits per heavy atom. The highest BCUT2D eigenvalue weighted by Gasteiger charge is 2.07. The van der Waals surface area contributed by atoms with Crippen LogP contribution in [0.15, 0.2) is 42.6 Å². The summed E-state index contributed by atoms with van der Waals surface area (Å²) in [4.78, 5) is 18.6. The van der Waals surface area contributed by atoms with Gasteiger partial charge in [-0.05, 0) is 29.8 Å². The summed E-state index contributed by atoms with van der Waals surface area (Å²) in [6.07, 6.45) is 1.76. The minimum absolute atomic E-state index is 0.153. The highest BCUT2D eigenvalue weighted by atomic mass is 19.1. The molecule has 0 unspecified atom stereocenters. The Balaban J connectivity index is 2.13. The van der Waals surface area contributed by atoms with Gasteiger partial charge in [0, 0.05) is 18.3 Å². The maximum Gasteiger partial charge on any atom is 0.374 e. The van der Waals surface area contributed by atoms with Crippen molar-refractivity contribution in [3.63, 3.8) is 0 Å². The molecular formula is C13H10FNO3. The molecule has 92 valence electrons. The largest absolute Gasteiger partial charge is 0.374 e. The van der Waals surface area contributed by atoms with Gasteiger partial charge in [-0.25, -0.2) is 9.18 Å². The number of hydrogen-bond donors (Lipinski definition) is 1. The minimum atomic E-state index is -0.861. The SMILES string of the molecule is O=C(OO)c1ccc(Cc2cccc(F)c2)nc1. The van der Waals surface area contributed by atoms with Crippen LogP contribution in [0, 0.1) is 5.82 Å². The number of benzene rings is 1. The van der Waals surface area contributed by atoms with E-state index in [2.05, 4.69) is 9.87 Å². The molecule has 1 aromatic carbocycles. The van der Waals surface area contributed by atoms with E-state index in [-0.39, 0.29) is 11.4 Å². The highest BCUT2D eigenvalue weighted by molar-refractivity contribution is 5.88. The summed E-state index contributed by atoms with van der Waals surface area (Å²) in [6, 6.07) is 9.33. The van der Waals surface area contributed by atoms with Crippen molar-refractivity contribution in [1.82, 2.24) is 4.98 Å². The van der Waals surface area contributed by atoms with Crippen molar-refractivity contribution in [2.45, 2.75) is 6.42 Å². The van der Waals surface area contributed by atoms with E-state index in [0.717, 1.165) is 5.56 Å². The molecule has 4 nitrogen and oxygen atoms in total. The topological polar surface area (TPSA) is 59.4 Å². The van der Waals surface area contributed by atoms with Crippen molar-refractivity contribution >= 4 is 5.97 Å². The molecule has 0 bridgehead atoms. The van der Waals surface area contributed by atoms with Gasteiger partial charge < -0.3 is 0 Å². The van der Waals surface area contributed by atoms with Gasteiger partial charge in [-0.2, -0.15) is 5.26 Å². The first-order chi connectivity index (χ1) is 8.69. The van der Waals surface area contributed by atoms with Gasteiger partial charge in [0.15, 0.2) is 0 Å². The minimum Gasteiger partial charge on any atom is -0.295 e. The van der Waals surface area contributed by atoms with Gasteiger partial charge >= 0.3 is 5.97 Å². The first-order valence-electron chi connectivity index (χ1n) is 5.24. The van der Waals surface area contributed by atoms with Crippen molar-refractivity contribution in [2.75, 3.05) is 0 Å². The Bertz CT molecular complexity index is 554. The lowest BCUT2D eigenvalue weighted by Crippen LogP contribution is -2.03. The summed E-state index contributed by atoms with van der Waals surface area (Å²) in [6.45, 7) is 0. The average molecular weight is 247 g/mol. The second-order valence-electron chi connectivity index (χ2n) is 3.72. The van der Waals surface area contributed by atoms with Crippen molar-refractivity contribution in [2.24, 2.45) is 0 Å². The van der Waals surface area contributed by atoms with Gasteiger partial charge in [-0.1, -0.05) is 12.1 Å². The maximum atomic E-state index is 13.0. The van der Waals surface area contributed by atoms with Crippen LogP contribution in [0.4, 0.5) is 4.39 Å². The molecule has 1 aromatic heterocycles. The van der Waals surface area contributed by atoms with Crippen molar-refractivity contribution in [1.29, 1.82) is 0 Å². The molecule has 0 saturated heterocycles. The summed E-state index contributed by atoms with van der Waals surface area (Å²) in [5.41, 5.74) is 1.63. The molecule has 0 fully saturated rings. The molecule has 0 spiro atoms. The second-order valence-corrected chi connectivity index (χ2v) is 3.72. The summed E-state index contributed by atoms with van der Waals surface area (Å²) in [5, 5.41) is 8.20. The van der Waals surface area contributed by atoms with Crippen LogP contribution in [0.25, 0.3) is 0 Å². The number of hydrogen-bond acceptors (Lipinski definition) is 4. The third kappa shape index (κ3) is 2.89. The van der Waals surface area contributed by atoms with E-state index in [1.54, 1.807) is 18.2 Å². The number of nitrogens with zero attached hydrogens (tertiary/aromatic N) is 1. The highest BCUT2D eigenvalue weighted by Crippen LogP contribution is 2.10. The van der Waals surface area contributed by atoms with Crippen LogP contribution in [0.5, 0.6) is 0 Å². The Morgan fingerprint density at radius 2 is 2.17 bits per heavy atom. The van der Waals surface area contributed by atoms with E-state index in [9.17, 15) is 9.18 Å². The fourth-order valence-electron chi connectivity index (χ4n) is 1.56. The summed E-state index contributed by atoms with van der Waals surface area (Å²) >= 11 is 0. The zero-order chi connectivity index (χ0) is 13.0. The monoisotopic (exact) mass is 247 g/mol. The fourth-order valence-corrected chi connectivity index (χ4v) is 1.56. The maximum absolute atomic E-state index is 13.0. The van der Waals surface area contributed by atoms with E-state index >= 15 is 0 Å². The first kappa shape index (κ1) is 12.2. The number of aromatic nitrogens is 1. The smallest absolute Gasteiger partial charge is 0.295 e. The average Bonchev–Trinajstić information content (AvgIpc) is 2.39. The number of rotatable bonds is 3. The Hall–Kier alpha value is -2.27. The Morgan fingerprint density at radius 1 is 1.33 bits per heavy atom. The lowest BCUT2D eigenvalue weighted by atomic mass is 10.1. The van der Waals surface area contributed by atoms with E-state index in [4.69, 9.17) is 5.26 Å². The van der Waals surface area contributed by atoms with Gasteiger partial charge in [0.05, 0.1) is 5.56 Å². The molecule has 0 saturated carbocycles. The molecule has 0 aliphatic rings. The zero-order valence-electron chi connectivity index (χ0n) is 9.34. The molecule has 2 rings (SSSR count). The van der Waals surface area contributed by atoms with E-state index in [1.165, 1.54) is 24.4 Å². The number of carbonyl (C=O) groups excluding carboxylic acids is 1. The third-order valence-corrected chi connectivity index (χ3v) is 2.42. The van der Waals surface area contributed by atoms with Crippen LogP contribution in [-0.2, 0) is 11.3 Å². The van der Waals surface area contributed by atoms with Crippen LogP contribution in [0.3, 0.4) is 0 Å². The van der Waals surface area contributed by atoms with Crippen LogP contribution in [-0.4, -0.2) is 16.2 Å². The molecular weight excluding hydrogens is 237 g/mol. The first-order valence-corrected chi connectivity index (χ1v) is 5.24. The van der Waals surface area contributed by atoms with Crippen molar-refractivity contribution < 1.29 is 19.3 Å². The Kier molecular flexibility index (Phi) is 3.64. The van der Waals surface area contributed by atoms with Crippen LogP contribution in [0.1, 0.15) is 21.6 Å². The standard InChI is InChI=1S/C13H10FNO3/c14-11-3-1-2-9(6-11)7-12-5-4-10(8-15-12)13(16)18-17/h1-6,8,17H,7H2. The lowest BCUT2D eigenvalue weighted by molar-refractivity contribution is -0.182. The van der Waals surface area contributed by atoms with Gasteiger partial charge in [0.2, 0.25) is 0 Å². The van der Waals surface area contributed by atoms with Gasteiger partial charge in [-0.3, -0.25) is 9.87 Å². The number of halogens is 1. The normalized spacial score (nSPS) is 10.1. The quantitative estimate of drug-likeness (QED) is 0.668. The Labute approximate surface area is 103 Å². The molecule has 0 amide bonds. The number of carbonyl (C=O) groups is 1. The summed E-state index contributed by atoms with van der Waals surface area (Å²) < 4.78 is 13.0. The predicted octanol–water partition coefficient (Wildman–Crippen LogP) is 2.44. The third-order valence-electron chi connectivity index (χ3n) is 2.42. The van der Waals surface area contributed by atoms with Gasteiger partial charge in [0.25, 0.3) is 0 Å². The molecule has 0 aliphatic heterocycles. The van der Waals surface area contributed by atoms with Crippen LogP contribution in [0.2, 0.25) is 0 Å². The molecule has 18 heavy (non-hydrogen) atoms. The molecule has 0 radical (unpaired) electrons. The lowest BCUT2D eigenvalue weighted by Gasteiger charge is -2.02. The molecule has 1 heterocycles. The van der Waals surface area contributed by atoms with Crippen LogP contribution >= 0.6 is 0 Å². The van der Waals surface area contributed by atoms with E-state index in [1.807, 2.05) is 0 Å². The summed E-state index contributed by atoms with van der Waals surface area (Å²) in [5.74, 6) is -1.16. The van der Waals surface area contributed by atoms with Gasteiger partial charge in [-0.15, -0.1) is 0 Å². The molecule has 2 aromatic rings. The molecule has 0 atom stereocenters. The van der Waals surface area contributed by atoms with Gasteiger partial charge in [0.1, 0.15) is 5.82 Å². The molecule has 1 N–H and O–H groups in total. The van der Waals surface area contributed by atoms with Crippen LogP contribution < -0.4 is 0 Å². The predicted molar refractivity (Wildman–Crippen MR) is 61.5 cm³/mol. The van der Waals surface area contributed by atoms with Crippen molar-refractivity contribution in [3.8, 4) is 0 Å². The summed E-state index contributed by atoms with van der Waals surface area (Å²) in [7, 11) is 0. The molecule has 5 heteroatoms. The molecule has 0 aliphatic carbocycles. The van der Waals surface area contributed by atoms with E-state index < -0.39 is 5.97 Å². The van der Waals surface area contributed by atoms with Crippen molar-refractivity contribution in [3.05, 3.63) is 65.2 Å². The second kappa shape index (κ2) is 5.37. The van der Waals surface area contributed by atoms with E-state index in [0.29, 0.717) is 12.1 Å². The fraction of sp³-hybridized carbons (Fsp3) is 0.0769.